The first-order valence-corrected chi connectivity index (χ1v) is 9.47. The van der Waals surface area contributed by atoms with E-state index in [0.717, 1.165) is 43.9 Å². The second kappa shape index (κ2) is 7.45. The van der Waals surface area contributed by atoms with E-state index in [4.69, 9.17) is 10.5 Å². The number of primary amides is 1. The normalized spacial score (nSPS) is 26.5. The molecule has 0 spiro atoms. The third kappa shape index (κ3) is 4.13. The highest BCUT2D eigenvalue weighted by Crippen LogP contribution is 2.33. The summed E-state index contributed by atoms with van der Waals surface area (Å²) < 4.78 is 5.31. The molecule has 0 bridgehead atoms. The Morgan fingerprint density at radius 2 is 2.00 bits per heavy atom. The SMILES string of the molecule is COc1cccc(N2CCC(O)(CN3CCCC(C)(C(N)=O)C3)CC2)c1. The lowest BCUT2D eigenvalue weighted by molar-refractivity contribution is -0.131. The summed E-state index contributed by atoms with van der Waals surface area (Å²) >= 11 is 0. The molecule has 2 fully saturated rings. The number of β-amino-alcohol motifs (C(OH)–C–C–N with tert-alkyl or cyclic N) is 1. The van der Waals surface area contributed by atoms with Crippen molar-refractivity contribution in [2.24, 2.45) is 11.1 Å². The number of nitrogens with zero attached hydrogens (tertiary/aromatic N) is 2. The van der Waals surface area contributed by atoms with E-state index in [-0.39, 0.29) is 5.91 Å². The Bertz CT molecular complexity index is 643. The summed E-state index contributed by atoms with van der Waals surface area (Å²) in [5.74, 6) is 0.615. The maximum Gasteiger partial charge on any atom is 0.224 e. The number of rotatable bonds is 5. The van der Waals surface area contributed by atoms with E-state index in [1.165, 1.54) is 0 Å². The van der Waals surface area contributed by atoms with Gasteiger partial charge in [-0.2, -0.15) is 0 Å². The molecule has 0 saturated carbocycles. The van der Waals surface area contributed by atoms with Crippen LogP contribution >= 0.6 is 0 Å². The largest absolute Gasteiger partial charge is 0.497 e. The van der Waals surface area contributed by atoms with Crippen LogP contribution in [-0.2, 0) is 4.79 Å². The highest BCUT2D eigenvalue weighted by atomic mass is 16.5. The van der Waals surface area contributed by atoms with Gasteiger partial charge in [-0.05, 0) is 51.3 Å². The van der Waals surface area contributed by atoms with Gasteiger partial charge in [0.15, 0.2) is 0 Å². The first-order valence-electron chi connectivity index (χ1n) is 9.47. The van der Waals surface area contributed by atoms with Gasteiger partial charge in [0.05, 0.1) is 18.1 Å². The Kier molecular flexibility index (Phi) is 5.44. The van der Waals surface area contributed by atoms with Gasteiger partial charge >= 0.3 is 0 Å². The molecule has 1 unspecified atom stereocenters. The predicted octanol–water partition coefficient (Wildman–Crippen LogP) is 1.61. The second-order valence-corrected chi connectivity index (χ2v) is 8.15. The van der Waals surface area contributed by atoms with Gasteiger partial charge in [0.1, 0.15) is 5.75 Å². The van der Waals surface area contributed by atoms with Gasteiger partial charge in [0.25, 0.3) is 0 Å². The van der Waals surface area contributed by atoms with Crippen molar-refractivity contribution in [2.75, 3.05) is 44.7 Å². The first kappa shape index (κ1) is 19.0. The average molecular weight is 361 g/mol. The van der Waals surface area contributed by atoms with Crippen molar-refractivity contribution in [1.29, 1.82) is 0 Å². The van der Waals surface area contributed by atoms with Gasteiger partial charge in [-0.3, -0.25) is 9.69 Å². The quantitative estimate of drug-likeness (QED) is 0.833. The molecule has 2 saturated heterocycles. The summed E-state index contributed by atoms with van der Waals surface area (Å²) in [7, 11) is 1.67. The summed E-state index contributed by atoms with van der Waals surface area (Å²) in [6, 6.07) is 8.05. The van der Waals surface area contributed by atoms with Crippen LogP contribution in [0.5, 0.6) is 5.75 Å². The molecule has 0 aliphatic carbocycles. The van der Waals surface area contributed by atoms with E-state index in [2.05, 4.69) is 15.9 Å². The molecule has 26 heavy (non-hydrogen) atoms. The average Bonchev–Trinajstić information content (AvgIpc) is 2.62. The monoisotopic (exact) mass is 361 g/mol. The number of hydrogen-bond acceptors (Lipinski definition) is 5. The molecule has 144 valence electrons. The molecule has 0 aromatic heterocycles. The van der Waals surface area contributed by atoms with Gasteiger partial charge in [-0.15, -0.1) is 0 Å². The van der Waals surface area contributed by atoms with Gasteiger partial charge in [0, 0.05) is 37.9 Å². The van der Waals surface area contributed by atoms with Gasteiger partial charge in [0.2, 0.25) is 5.91 Å². The number of nitrogens with two attached hydrogens (primary N) is 1. The highest BCUT2D eigenvalue weighted by molar-refractivity contribution is 5.80. The fourth-order valence-electron chi connectivity index (χ4n) is 4.24. The lowest BCUT2D eigenvalue weighted by atomic mass is 9.80. The Labute approximate surface area is 155 Å². The Hall–Kier alpha value is -1.79. The number of methoxy groups -OCH3 is 1. The molecule has 1 aromatic rings. The Balaban J connectivity index is 1.58. The zero-order chi connectivity index (χ0) is 18.8. The van der Waals surface area contributed by atoms with Crippen LogP contribution in [0.25, 0.3) is 0 Å². The van der Waals surface area contributed by atoms with E-state index in [0.29, 0.717) is 25.9 Å². The molecule has 2 aliphatic rings. The number of carbonyl (C=O) groups excluding carboxylic acids is 1. The van der Waals surface area contributed by atoms with Crippen molar-refractivity contribution in [3.05, 3.63) is 24.3 Å². The summed E-state index contributed by atoms with van der Waals surface area (Å²) in [5, 5.41) is 11.1. The maximum absolute atomic E-state index is 11.8. The van der Waals surface area contributed by atoms with E-state index in [1.54, 1.807) is 7.11 Å². The molecule has 2 aliphatic heterocycles. The van der Waals surface area contributed by atoms with Crippen LogP contribution in [-0.4, -0.2) is 61.3 Å². The molecule has 6 nitrogen and oxygen atoms in total. The first-order chi connectivity index (χ1) is 12.3. The summed E-state index contributed by atoms with van der Waals surface area (Å²) in [5.41, 5.74) is 5.54. The number of hydrogen-bond donors (Lipinski definition) is 2. The summed E-state index contributed by atoms with van der Waals surface area (Å²) in [6.07, 6.45) is 3.22. The molecule has 3 rings (SSSR count). The number of anilines is 1. The van der Waals surface area contributed by atoms with E-state index < -0.39 is 11.0 Å². The standard InChI is InChI=1S/C20H31N3O3/c1-19(18(21)24)7-4-10-22(14-19)15-20(25)8-11-23(12-9-20)16-5-3-6-17(13-16)26-2/h3,5-6,13,25H,4,7-12,14-15H2,1-2H3,(H2,21,24). The maximum atomic E-state index is 11.8. The molecule has 1 amide bonds. The molecule has 1 atom stereocenters. The zero-order valence-corrected chi connectivity index (χ0v) is 15.9. The molecular formula is C20H31N3O3. The molecule has 0 radical (unpaired) electrons. The third-order valence-corrected chi connectivity index (χ3v) is 6.00. The number of amides is 1. The fourth-order valence-corrected chi connectivity index (χ4v) is 4.24. The fraction of sp³-hybridized carbons (Fsp3) is 0.650. The zero-order valence-electron chi connectivity index (χ0n) is 15.9. The van der Waals surface area contributed by atoms with Crippen molar-refractivity contribution in [3.63, 3.8) is 0 Å². The second-order valence-electron chi connectivity index (χ2n) is 8.15. The van der Waals surface area contributed by atoms with Crippen LogP contribution in [0.1, 0.15) is 32.6 Å². The minimum Gasteiger partial charge on any atom is -0.497 e. The molecule has 2 heterocycles. The van der Waals surface area contributed by atoms with Gasteiger partial charge < -0.3 is 20.5 Å². The lowest BCUT2D eigenvalue weighted by Crippen LogP contribution is -2.55. The summed E-state index contributed by atoms with van der Waals surface area (Å²) in [4.78, 5) is 16.3. The smallest absolute Gasteiger partial charge is 0.224 e. The number of ether oxygens (including phenoxy) is 1. The minimum absolute atomic E-state index is 0.234. The highest BCUT2D eigenvalue weighted by Gasteiger charge is 2.40. The van der Waals surface area contributed by atoms with Crippen molar-refractivity contribution in [1.82, 2.24) is 4.90 Å². The Morgan fingerprint density at radius 3 is 2.65 bits per heavy atom. The van der Waals surface area contributed by atoms with Crippen LogP contribution in [0.2, 0.25) is 0 Å². The van der Waals surface area contributed by atoms with Crippen molar-refractivity contribution in [2.45, 2.75) is 38.2 Å². The van der Waals surface area contributed by atoms with Gasteiger partial charge in [-0.25, -0.2) is 0 Å². The van der Waals surface area contributed by atoms with E-state index in [9.17, 15) is 9.90 Å². The van der Waals surface area contributed by atoms with Crippen LogP contribution in [0.3, 0.4) is 0 Å². The van der Waals surface area contributed by atoms with Crippen LogP contribution in [0, 0.1) is 5.41 Å². The number of likely N-dealkylation sites (tertiary alicyclic amines) is 1. The minimum atomic E-state index is -0.703. The van der Waals surface area contributed by atoms with Gasteiger partial charge in [-0.1, -0.05) is 6.07 Å². The Morgan fingerprint density at radius 1 is 1.27 bits per heavy atom. The van der Waals surface area contributed by atoms with Crippen LogP contribution in [0.15, 0.2) is 24.3 Å². The van der Waals surface area contributed by atoms with E-state index in [1.807, 2.05) is 25.1 Å². The molecular weight excluding hydrogens is 330 g/mol. The van der Waals surface area contributed by atoms with Crippen molar-refractivity contribution in [3.8, 4) is 5.75 Å². The van der Waals surface area contributed by atoms with Crippen LogP contribution in [0.4, 0.5) is 5.69 Å². The molecule has 6 heteroatoms. The van der Waals surface area contributed by atoms with Crippen LogP contribution < -0.4 is 15.4 Å². The number of aliphatic hydroxyl groups is 1. The number of piperidine rings is 2. The van der Waals surface area contributed by atoms with Crippen molar-refractivity contribution >= 4 is 11.6 Å². The predicted molar refractivity (Wildman–Crippen MR) is 102 cm³/mol. The van der Waals surface area contributed by atoms with Crippen molar-refractivity contribution < 1.29 is 14.6 Å². The van der Waals surface area contributed by atoms with E-state index >= 15 is 0 Å². The summed E-state index contributed by atoms with van der Waals surface area (Å²) in [6.45, 7) is 5.74. The topological polar surface area (TPSA) is 79.0 Å². The number of carbonyl (C=O) groups is 1. The molecule has 3 N–H and O–H groups in total. The number of benzene rings is 1. The third-order valence-electron chi connectivity index (χ3n) is 6.00. The lowest BCUT2D eigenvalue weighted by Gasteiger charge is -2.45. The molecule has 1 aromatic carbocycles.